The molecule has 1 fully saturated rings. The Labute approximate surface area is 94.5 Å². The van der Waals surface area contributed by atoms with Crippen molar-refractivity contribution in [2.45, 2.75) is 52.5 Å². The first-order valence-electron chi connectivity index (χ1n) is 6.35. The van der Waals surface area contributed by atoms with E-state index in [1.54, 1.807) is 5.57 Å². The lowest BCUT2D eigenvalue weighted by atomic mass is 10.0. The van der Waals surface area contributed by atoms with Gasteiger partial charge in [-0.05, 0) is 25.8 Å². The summed E-state index contributed by atoms with van der Waals surface area (Å²) in [6.45, 7) is 10.1. The average Bonchev–Trinajstić information content (AvgIpc) is 2.12. The molecule has 0 saturated carbocycles. The molecule has 2 N–H and O–H groups in total. The molecular formula is C13H26N2. The highest BCUT2D eigenvalue weighted by atomic mass is 14.9. The predicted octanol–water partition coefficient (Wildman–Crippen LogP) is 2.46. The Morgan fingerprint density at radius 1 is 1.40 bits per heavy atom. The first kappa shape index (κ1) is 12.7. The van der Waals surface area contributed by atoms with Gasteiger partial charge in [0.2, 0.25) is 0 Å². The van der Waals surface area contributed by atoms with E-state index in [4.69, 9.17) is 0 Å². The van der Waals surface area contributed by atoms with E-state index in [0.29, 0.717) is 6.04 Å². The van der Waals surface area contributed by atoms with Crippen LogP contribution in [0.5, 0.6) is 0 Å². The zero-order valence-electron chi connectivity index (χ0n) is 10.5. The highest BCUT2D eigenvalue weighted by Crippen LogP contribution is 2.08. The zero-order chi connectivity index (χ0) is 11.1. The van der Waals surface area contributed by atoms with Crippen LogP contribution >= 0.6 is 0 Å². The molecule has 0 spiro atoms. The fourth-order valence-corrected chi connectivity index (χ4v) is 1.81. The molecule has 0 amide bonds. The second kappa shape index (κ2) is 7.02. The third kappa shape index (κ3) is 4.80. The summed E-state index contributed by atoms with van der Waals surface area (Å²) in [6, 6.07) is 0.667. The molecule has 1 saturated heterocycles. The smallest absolute Gasteiger partial charge is 0.0183 e. The van der Waals surface area contributed by atoms with Crippen molar-refractivity contribution in [2.75, 3.05) is 19.6 Å². The van der Waals surface area contributed by atoms with Gasteiger partial charge in [-0.25, -0.2) is 0 Å². The van der Waals surface area contributed by atoms with Crippen LogP contribution in [0.1, 0.15) is 46.5 Å². The van der Waals surface area contributed by atoms with Crippen LogP contribution in [0.4, 0.5) is 0 Å². The van der Waals surface area contributed by atoms with E-state index < -0.39 is 0 Å². The van der Waals surface area contributed by atoms with E-state index >= 15 is 0 Å². The molecule has 0 bridgehead atoms. The van der Waals surface area contributed by atoms with Crippen LogP contribution < -0.4 is 10.6 Å². The summed E-state index contributed by atoms with van der Waals surface area (Å²) in [5.74, 6) is 0. The van der Waals surface area contributed by atoms with E-state index in [-0.39, 0.29) is 0 Å². The van der Waals surface area contributed by atoms with Gasteiger partial charge in [0.15, 0.2) is 0 Å². The summed E-state index contributed by atoms with van der Waals surface area (Å²) >= 11 is 0. The zero-order valence-corrected chi connectivity index (χ0v) is 10.5. The minimum Gasteiger partial charge on any atom is -0.311 e. The Morgan fingerprint density at radius 3 is 2.67 bits per heavy atom. The van der Waals surface area contributed by atoms with E-state index in [1.807, 2.05) is 0 Å². The molecule has 2 heteroatoms. The van der Waals surface area contributed by atoms with E-state index in [0.717, 1.165) is 19.6 Å². The third-order valence-corrected chi connectivity index (χ3v) is 3.24. The summed E-state index contributed by atoms with van der Waals surface area (Å²) in [4.78, 5) is 0. The van der Waals surface area contributed by atoms with Gasteiger partial charge >= 0.3 is 0 Å². The molecule has 0 aliphatic carbocycles. The topological polar surface area (TPSA) is 24.1 Å². The molecule has 1 aliphatic heterocycles. The lowest BCUT2D eigenvalue weighted by Crippen LogP contribution is -2.37. The van der Waals surface area contributed by atoms with Crippen LogP contribution in [0.25, 0.3) is 0 Å². The fraction of sp³-hybridized carbons (Fsp3) is 0.846. The molecule has 15 heavy (non-hydrogen) atoms. The molecule has 1 heterocycles. The van der Waals surface area contributed by atoms with Gasteiger partial charge in [0.25, 0.3) is 0 Å². The second-order valence-corrected chi connectivity index (χ2v) is 4.77. The highest BCUT2D eigenvalue weighted by molar-refractivity contribution is 5.22. The van der Waals surface area contributed by atoms with Crippen LogP contribution in [-0.4, -0.2) is 25.7 Å². The monoisotopic (exact) mass is 210 g/mol. The van der Waals surface area contributed by atoms with Crippen LogP contribution in [0.15, 0.2) is 11.1 Å². The summed E-state index contributed by atoms with van der Waals surface area (Å²) < 4.78 is 0. The van der Waals surface area contributed by atoms with Crippen LogP contribution in [0, 0.1) is 0 Å². The van der Waals surface area contributed by atoms with E-state index in [1.165, 1.54) is 31.3 Å². The van der Waals surface area contributed by atoms with Crippen molar-refractivity contribution in [1.82, 2.24) is 10.6 Å². The molecule has 0 radical (unpaired) electrons. The van der Waals surface area contributed by atoms with Crippen molar-refractivity contribution in [1.29, 1.82) is 0 Å². The third-order valence-electron chi connectivity index (χ3n) is 3.24. The molecule has 1 atom stereocenters. The van der Waals surface area contributed by atoms with Crippen molar-refractivity contribution in [3.8, 4) is 0 Å². The number of rotatable bonds is 7. The molecule has 1 aliphatic rings. The summed E-state index contributed by atoms with van der Waals surface area (Å²) in [5.41, 5.74) is 3.14. The van der Waals surface area contributed by atoms with Gasteiger partial charge in [0.1, 0.15) is 0 Å². The minimum atomic E-state index is 0.667. The van der Waals surface area contributed by atoms with Gasteiger partial charge in [-0.15, -0.1) is 0 Å². The van der Waals surface area contributed by atoms with Gasteiger partial charge < -0.3 is 10.6 Å². The predicted molar refractivity (Wildman–Crippen MR) is 67.2 cm³/mol. The number of nitrogens with one attached hydrogen (secondary N) is 2. The summed E-state index contributed by atoms with van der Waals surface area (Å²) in [5, 5.41) is 6.89. The number of unbranched alkanes of at least 4 members (excludes halogenated alkanes) is 2. The Kier molecular flexibility index (Phi) is 5.96. The van der Waals surface area contributed by atoms with Crippen molar-refractivity contribution in [3.63, 3.8) is 0 Å². The Morgan fingerprint density at radius 2 is 2.13 bits per heavy atom. The molecule has 0 aromatic rings. The molecule has 1 rings (SSSR count). The normalized spacial score (nSPS) is 17.4. The maximum Gasteiger partial charge on any atom is 0.0183 e. The van der Waals surface area contributed by atoms with E-state index in [2.05, 4.69) is 31.4 Å². The van der Waals surface area contributed by atoms with Gasteiger partial charge in [-0.3, -0.25) is 0 Å². The van der Waals surface area contributed by atoms with Crippen molar-refractivity contribution in [2.24, 2.45) is 0 Å². The lowest BCUT2D eigenvalue weighted by Gasteiger charge is -2.23. The highest BCUT2D eigenvalue weighted by Gasteiger charge is 2.10. The van der Waals surface area contributed by atoms with Gasteiger partial charge in [0.05, 0.1) is 0 Å². The van der Waals surface area contributed by atoms with Crippen molar-refractivity contribution in [3.05, 3.63) is 11.1 Å². The van der Waals surface area contributed by atoms with Crippen LogP contribution in [0.3, 0.4) is 0 Å². The largest absolute Gasteiger partial charge is 0.311 e. The standard InChI is InChI=1S/C13H26N2/c1-4-5-6-7-12(3)15-8-11(2)13-9-14-10-13/h12,14-15H,4-10H2,1-3H3. The van der Waals surface area contributed by atoms with Crippen molar-refractivity contribution >= 4 is 0 Å². The lowest BCUT2D eigenvalue weighted by molar-refractivity contribution is 0.501. The van der Waals surface area contributed by atoms with Crippen LogP contribution in [-0.2, 0) is 0 Å². The van der Waals surface area contributed by atoms with E-state index in [9.17, 15) is 0 Å². The molecule has 0 aromatic carbocycles. The maximum absolute atomic E-state index is 3.60. The van der Waals surface area contributed by atoms with Crippen LogP contribution in [0.2, 0.25) is 0 Å². The first-order valence-corrected chi connectivity index (χ1v) is 6.35. The summed E-state index contributed by atoms with van der Waals surface area (Å²) in [6.07, 6.45) is 5.37. The Hall–Kier alpha value is -0.340. The minimum absolute atomic E-state index is 0.667. The molecular weight excluding hydrogens is 184 g/mol. The Bertz CT molecular complexity index is 203. The quantitative estimate of drug-likeness (QED) is 0.498. The van der Waals surface area contributed by atoms with Gasteiger partial charge in [0, 0.05) is 25.7 Å². The summed E-state index contributed by atoms with van der Waals surface area (Å²) in [7, 11) is 0. The SMILES string of the molecule is CCCCCC(C)NCC(C)=C1CNC1. The first-order chi connectivity index (χ1) is 7.24. The molecule has 88 valence electrons. The van der Waals surface area contributed by atoms with Gasteiger partial charge in [-0.1, -0.05) is 31.8 Å². The average molecular weight is 210 g/mol. The molecule has 1 unspecified atom stereocenters. The number of hydrogen-bond donors (Lipinski definition) is 2. The Balaban J connectivity index is 2.08. The fourth-order valence-electron chi connectivity index (χ4n) is 1.81. The van der Waals surface area contributed by atoms with Gasteiger partial charge in [-0.2, -0.15) is 0 Å². The maximum atomic E-state index is 3.60. The second-order valence-electron chi connectivity index (χ2n) is 4.77. The molecule has 2 nitrogen and oxygen atoms in total. The number of hydrogen-bond acceptors (Lipinski definition) is 2. The van der Waals surface area contributed by atoms with Crippen molar-refractivity contribution < 1.29 is 0 Å². The molecule has 0 aromatic heterocycles.